The summed E-state index contributed by atoms with van der Waals surface area (Å²) in [5, 5.41) is 21.1. The van der Waals surface area contributed by atoms with Crippen LogP contribution in [-0.4, -0.2) is 58.6 Å². The SMILES string of the molecule is COc1ccc2ncc(F)c([C@@H](O)CCC3(CC(=O)O)CCN(CCSc4cc(F)c(F)c(F)c4)CC3)c2c1. The second kappa shape index (κ2) is 12.5. The third-order valence-corrected chi connectivity index (χ3v) is 8.38. The molecule has 1 saturated heterocycles. The normalized spacial score (nSPS) is 16.4. The molecule has 1 aliphatic rings. The van der Waals surface area contributed by atoms with Crippen molar-refractivity contribution >= 4 is 28.6 Å². The number of aliphatic carboxylic acids is 1. The van der Waals surface area contributed by atoms with E-state index < -0.39 is 40.8 Å². The summed E-state index contributed by atoms with van der Waals surface area (Å²) in [7, 11) is 1.49. The number of halogens is 4. The number of hydrogen-bond donors (Lipinski definition) is 2. The van der Waals surface area contributed by atoms with Crippen LogP contribution in [0.15, 0.2) is 41.4 Å². The van der Waals surface area contributed by atoms with Crippen LogP contribution in [0.25, 0.3) is 10.9 Å². The van der Waals surface area contributed by atoms with Crippen molar-refractivity contribution in [2.45, 2.75) is 43.1 Å². The second-order valence-electron chi connectivity index (χ2n) is 9.92. The van der Waals surface area contributed by atoms with Crippen LogP contribution >= 0.6 is 11.8 Å². The van der Waals surface area contributed by atoms with Gasteiger partial charge in [0.2, 0.25) is 0 Å². The summed E-state index contributed by atoms with van der Waals surface area (Å²) >= 11 is 1.21. The number of likely N-dealkylation sites (tertiary alicyclic amines) is 1. The zero-order valence-corrected chi connectivity index (χ0v) is 22.2. The molecule has 0 radical (unpaired) electrons. The number of piperidine rings is 1. The maximum Gasteiger partial charge on any atom is 0.303 e. The van der Waals surface area contributed by atoms with E-state index in [0.29, 0.717) is 66.2 Å². The fraction of sp³-hybridized carbons (Fsp3) is 0.429. The highest BCUT2D eigenvalue weighted by Crippen LogP contribution is 2.42. The molecule has 0 bridgehead atoms. The molecule has 0 unspecified atom stereocenters. The third-order valence-electron chi connectivity index (χ3n) is 7.43. The van der Waals surface area contributed by atoms with Crippen LogP contribution in [0, 0.1) is 28.7 Å². The van der Waals surface area contributed by atoms with Gasteiger partial charge in [0.15, 0.2) is 17.5 Å². The highest BCUT2D eigenvalue weighted by Gasteiger charge is 2.37. The molecule has 1 atom stereocenters. The fourth-order valence-electron chi connectivity index (χ4n) is 5.22. The van der Waals surface area contributed by atoms with E-state index in [1.807, 2.05) is 0 Å². The molecule has 0 amide bonds. The minimum atomic E-state index is -1.49. The number of aliphatic hydroxyl groups excluding tert-OH is 1. The van der Waals surface area contributed by atoms with Gasteiger partial charge in [0, 0.05) is 28.1 Å². The molecule has 2 N–H and O–H groups in total. The van der Waals surface area contributed by atoms with Gasteiger partial charge in [-0.3, -0.25) is 9.78 Å². The van der Waals surface area contributed by atoms with Crippen molar-refractivity contribution in [3.05, 3.63) is 65.4 Å². The number of methoxy groups -OCH3 is 1. The Morgan fingerprint density at radius 2 is 1.82 bits per heavy atom. The van der Waals surface area contributed by atoms with Gasteiger partial charge in [0.05, 0.1) is 31.3 Å². The van der Waals surface area contributed by atoms with Crippen LogP contribution in [0.1, 0.15) is 43.8 Å². The van der Waals surface area contributed by atoms with Crippen LogP contribution in [0.3, 0.4) is 0 Å². The molecule has 3 aromatic rings. The van der Waals surface area contributed by atoms with E-state index in [9.17, 15) is 32.6 Å². The van der Waals surface area contributed by atoms with Gasteiger partial charge in [-0.15, -0.1) is 11.8 Å². The van der Waals surface area contributed by atoms with Gasteiger partial charge >= 0.3 is 5.97 Å². The predicted octanol–water partition coefficient (Wildman–Crippen LogP) is 5.96. The standard InChI is InChI=1S/C28H30F4N2O4S/c1-38-17-2-3-23-19(12-17)26(22(31)16-33-23)24(35)4-5-28(15-25(36)37)6-8-34(9-7-28)10-11-39-18-13-20(29)27(32)21(30)14-18/h2-3,12-14,16,24,35H,4-11,15H2,1H3,(H,36,37)/t24-/m0/s1. The van der Waals surface area contributed by atoms with Crippen molar-refractivity contribution in [1.82, 2.24) is 9.88 Å². The lowest BCUT2D eigenvalue weighted by molar-refractivity contribution is -0.141. The molecule has 2 heterocycles. The van der Waals surface area contributed by atoms with Crippen molar-refractivity contribution in [2.75, 3.05) is 32.5 Å². The highest BCUT2D eigenvalue weighted by atomic mass is 32.2. The minimum absolute atomic E-state index is 0.0656. The number of thioether (sulfide) groups is 1. The van der Waals surface area contributed by atoms with Crippen LogP contribution in [0.4, 0.5) is 17.6 Å². The highest BCUT2D eigenvalue weighted by molar-refractivity contribution is 7.99. The van der Waals surface area contributed by atoms with Crippen molar-refractivity contribution in [2.24, 2.45) is 5.41 Å². The number of rotatable bonds is 11. The number of hydrogen-bond acceptors (Lipinski definition) is 6. The van der Waals surface area contributed by atoms with E-state index in [1.54, 1.807) is 18.2 Å². The van der Waals surface area contributed by atoms with E-state index in [0.717, 1.165) is 18.3 Å². The number of carboxylic acid groups (broad SMARTS) is 1. The molecule has 0 spiro atoms. The Balaban J connectivity index is 1.38. The van der Waals surface area contributed by atoms with Gasteiger partial charge in [0.25, 0.3) is 0 Å². The van der Waals surface area contributed by atoms with Crippen molar-refractivity contribution in [3.63, 3.8) is 0 Å². The van der Waals surface area contributed by atoms with Crippen molar-refractivity contribution in [1.29, 1.82) is 0 Å². The topological polar surface area (TPSA) is 82.9 Å². The Kier molecular flexibility index (Phi) is 9.35. The summed E-state index contributed by atoms with van der Waals surface area (Å²) in [6, 6.07) is 6.95. The lowest BCUT2D eigenvalue weighted by Gasteiger charge is -2.41. The van der Waals surface area contributed by atoms with E-state index in [2.05, 4.69) is 9.88 Å². The molecule has 0 aliphatic carbocycles. The van der Waals surface area contributed by atoms with E-state index in [1.165, 1.54) is 18.9 Å². The van der Waals surface area contributed by atoms with Crippen molar-refractivity contribution in [3.8, 4) is 5.75 Å². The van der Waals surface area contributed by atoms with Gasteiger partial charge in [0.1, 0.15) is 11.6 Å². The first kappa shape index (κ1) is 29.1. The predicted molar refractivity (Wildman–Crippen MR) is 140 cm³/mol. The Hall–Kier alpha value is -2.89. The minimum Gasteiger partial charge on any atom is -0.497 e. The molecule has 0 saturated carbocycles. The lowest BCUT2D eigenvalue weighted by atomic mass is 9.71. The second-order valence-corrected chi connectivity index (χ2v) is 11.1. The van der Waals surface area contributed by atoms with Crippen LogP contribution in [0.2, 0.25) is 0 Å². The number of aliphatic hydroxyl groups is 1. The largest absolute Gasteiger partial charge is 0.497 e. The molecule has 11 heteroatoms. The zero-order valence-electron chi connectivity index (χ0n) is 21.4. The number of fused-ring (bicyclic) bond motifs is 1. The molecule has 1 fully saturated rings. The smallest absolute Gasteiger partial charge is 0.303 e. The van der Waals surface area contributed by atoms with Gasteiger partial charge in [-0.25, -0.2) is 17.6 Å². The number of benzene rings is 2. The first-order valence-corrected chi connectivity index (χ1v) is 13.6. The maximum absolute atomic E-state index is 14.8. The lowest BCUT2D eigenvalue weighted by Crippen LogP contribution is -2.42. The summed E-state index contributed by atoms with van der Waals surface area (Å²) in [5.74, 6) is -4.49. The molecule has 1 aromatic heterocycles. The van der Waals surface area contributed by atoms with E-state index in [4.69, 9.17) is 4.74 Å². The first-order valence-electron chi connectivity index (χ1n) is 12.6. The Morgan fingerprint density at radius 3 is 2.46 bits per heavy atom. The molecular formula is C28H30F4N2O4S. The van der Waals surface area contributed by atoms with Gasteiger partial charge in [-0.1, -0.05) is 0 Å². The average molecular weight is 567 g/mol. The molecule has 1 aliphatic heterocycles. The Bertz CT molecular complexity index is 1310. The van der Waals surface area contributed by atoms with E-state index in [-0.39, 0.29) is 18.4 Å². The van der Waals surface area contributed by atoms with Crippen LogP contribution < -0.4 is 4.74 Å². The number of nitrogens with zero attached hydrogens (tertiary/aromatic N) is 2. The number of aromatic nitrogens is 1. The van der Waals surface area contributed by atoms with Gasteiger partial charge < -0.3 is 19.8 Å². The first-order chi connectivity index (χ1) is 18.6. The fourth-order valence-corrected chi connectivity index (χ4v) is 6.17. The van der Waals surface area contributed by atoms with E-state index >= 15 is 0 Å². The average Bonchev–Trinajstić information content (AvgIpc) is 2.90. The van der Waals surface area contributed by atoms with Crippen LogP contribution in [0.5, 0.6) is 5.75 Å². The maximum atomic E-state index is 14.8. The Labute approximate surface area is 228 Å². The van der Waals surface area contributed by atoms with Gasteiger partial charge in [-0.05, 0) is 74.5 Å². The van der Waals surface area contributed by atoms with Crippen LogP contribution in [-0.2, 0) is 4.79 Å². The van der Waals surface area contributed by atoms with Crippen molar-refractivity contribution < 1.29 is 37.3 Å². The zero-order chi connectivity index (χ0) is 28.2. The molecule has 6 nitrogen and oxygen atoms in total. The number of ether oxygens (including phenoxy) is 1. The summed E-state index contributed by atoms with van der Waals surface area (Å²) in [6.45, 7) is 1.83. The molecule has 210 valence electrons. The molecule has 4 rings (SSSR count). The third kappa shape index (κ3) is 7.01. The monoisotopic (exact) mass is 566 g/mol. The molecular weight excluding hydrogens is 536 g/mol. The number of carboxylic acids is 1. The summed E-state index contributed by atoms with van der Waals surface area (Å²) in [6.07, 6.45) is 1.57. The number of carbonyl (C=O) groups is 1. The molecule has 39 heavy (non-hydrogen) atoms. The summed E-state index contributed by atoms with van der Waals surface area (Å²) < 4.78 is 60.1. The number of pyridine rings is 1. The quantitative estimate of drug-likeness (QED) is 0.168. The Morgan fingerprint density at radius 1 is 1.13 bits per heavy atom. The molecule has 2 aromatic carbocycles. The summed E-state index contributed by atoms with van der Waals surface area (Å²) in [5.41, 5.74) is 0.0766. The summed E-state index contributed by atoms with van der Waals surface area (Å²) in [4.78, 5) is 18.3. The van der Waals surface area contributed by atoms with Gasteiger partial charge in [-0.2, -0.15) is 0 Å².